The Hall–Kier alpha value is -4.66. The molecule has 2 aliphatic rings. The summed E-state index contributed by atoms with van der Waals surface area (Å²) in [6, 6.07) is 17.4. The minimum absolute atomic E-state index is 0.000311. The van der Waals surface area contributed by atoms with Crippen molar-refractivity contribution >= 4 is 34.5 Å². The summed E-state index contributed by atoms with van der Waals surface area (Å²) in [7, 11) is 0. The lowest BCUT2D eigenvalue weighted by Crippen LogP contribution is -2.43. The van der Waals surface area contributed by atoms with E-state index in [4.69, 9.17) is 20.4 Å². The number of amides is 1. The molecule has 1 unspecified atom stereocenters. The first-order valence-electron chi connectivity index (χ1n) is 19.8. The number of ether oxygens (including phenoxy) is 1. The van der Waals surface area contributed by atoms with E-state index in [0.717, 1.165) is 85.9 Å². The number of aromatic nitrogens is 5. The van der Waals surface area contributed by atoms with Crippen LogP contribution < -0.4 is 27.0 Å². The summed E-state index contributed by atoms with van der Waals surface area (Å²) in [5.74, 6) is 0.780. The van der Waals surface area contributed by atoms with Gasteiger partial charge in [0, 0.05) is 43.5 Å². The van der Waals surface area contributed by atoms with E-state index in [1.807, 2.05) is 70.4 Å². The number of esters is 1. The molecule has 2 fully saturated rings. The van der Waals surface area contributed by atoms with Gasteiger partial charge in [-0.25, -0.2) is 4.98 Å². The molecule has 1 aliphatic heterocycles. The van der Waals surface area contributed by atoms with Gasteiger partial charge in [-0.3, -0.25) is 14.3 Å². The van der Waals surface area contributed by atoms with Gasteiger partial charge >= 0.3 is 5.97 Å². The third-order valence-electron chi connectivity index (χ3n) is 10.3. The number of hydrogen-bond donors (Lipinski definition) is 5. The fourth-order valence-electron chi connectivity index (χ4n) is 7.14. The highest BCUT2D eigenvalue weighted by molar-refractivity contribution is 5.90. The maximum absolute atomic E-state index is 13.0. The minimum Gasteiger partial charge on any atom is -0.460 e. The molecule has 54 heavy (non-hydrogen) atoms. The normalized spacial score (nSPS) is 16.0. The fourth-order valence-corrected chi connectivity index (χ4v) is 7.14. The molecule has 4 aromatic rings. The van der Waals surface area contributed by atoms with Crippen molar-refractivity contribution in [3.05, 3.63) is 72.1 Å². The Bertz CT molecular complexity index is 1740. The van der Waals surface area contributed by atoms with Crippen molar-refractivity contribution in [2.24, 2.45) is 5.73 Å². The lowest BCUT2D eigenvalue weighted by molar-refractivity contribution is -0.146. The number of piperidine rings is 1. The van der Waals surface area contributed by atoms with E-state index >= 15 is 0 Å². The Balaban J connectivity index is 0.896. The number of carbonyl (C=O) groups is 2. The summed E-state index contributed by atoms with van der Waals surface area (Å²) in [6.45, 7) is 5.73. The van der Waals surface area contributed by atoms with Gasteiger partial charge in [0.1, 0.15) is 24.2 Å². The van der Waals surface area contributed by atoms with Gasteiger partial charge in [-0.1, -0.05) is 66.9 Å². The smallest absolute Gasteiger partial charge is 0.323 e. The van der Waals surface area contributed by atoms with Crippen LogP contribution in [-0.2, 0) is 34.0 Å². The predicted molar refractivity (Wildman–Crippen MR) is 211 cm³/mol. The molecule has 14 nitrogen and oxygen atoms in total. The molecule has 6 N–H and O–H groups in total. The standard InChI is InChI=1S/C40H57N11O3/c41-35(39(53)54-29-30-11-3-1-4-12-30)17-18-37(52)50-25-19-32(20-26-50)45-38-34-15-7-8-16-36(34)46-40(47-38)44-27-33-28-51(49-48-33)24-10-22-42-21-9-23-43-31-13-5-2-6-14-31/h1,3-4,7-8,11-12,15-16,28,31-32,35,42-43H,2,5-6,9-10,13-14,17-27,29,41H2,(H2,44,45,46,47). The lowest BCUT2D eigenvalue weighted by Gasteiger charge is -2.33. The van der Waals surface area contributed by atoms with Gasteiger partial charge in [0.2, 0.25) is 11.9 Å². The molecule has 1 aliphatic carbocycles. The maximum Gasteiger partial charge on any atom is 0.323 e. The number of nitrogens with two attached hydrogens (primary N) is 1. The summed E-state index contributed by atoms with van der Waals surface area (Å²) in [5.41, 5.74) is 8.61. The summed E-state index contributed by atoms with van der Waals surface area (Å²) >= 11 is 0. The molecular formula is C40H57N11O3. The van der Waals surface area contributed by atoms with Crippen molar-refractivity contribution in [2.75, 3.05) is 43.4 Å². The van der Waals surface area contributed by atoms with E-state index in [2.05, 4.69) is 31.6 Å². The molecule has 6 rings (SSSR count). The van der Waals surface area contributed by atoms with Crippen molar-refractivity contribution in [1.82, 2.24) is 40.5 Å². The van der Waals surface area contributed by atoms with Gasteiger partial charge in [0.25, 0.3) is 0 Å². The Morgan fingerprint density at radius 3 is 2.50 bits per heavy atom. The zero-order valence-electron chi connectivity index (χ0n) is 31.4. The van der Waals surface area contributed by atoms with E-state index in [1.54, 1.807) is 0 Å². The zero-order valence-corrected chi connectivity index (χ0v) is 31.4. The Kier molecular flexibility index (Phi) is 15.0. The average Bonchev–Trinajstić information content (AvgIpc) is 3.67. The number of para-hydroxylation sites is 1. The van der Waals surface area contributed by atoms with Gasteiger partial charge in [-0.05, 0) is 82.3 Å². The molecule has 1 atom stereocenters. The molecule has 1 saturated carbocycles. The highest BCUT2D eigenvalue weighted by Gasteiger charge is 2.25. The van der Waals surface area contributed by atoms with Crippen LogP contribution in [0.2, 0.25) is 0 Å². The van der Waals surface area contributed by atoms with Gasteiger partial charge in [-0.15, -0.1) is 5.10 Å². The first-order valence-corrected chi connectivity index (χ1v) is 19.8. The quantitative estimate of drug-likeness (QED) is 0.0640. The number of hydrogen-bond acceptors (Lipinski definition) is 12. The second-order valence-corrected chi connectivity index (χ2v) is 14.5. The first-order chi connectivity index (χ1) is 26.5. The first kappa shape index (κ1) is 39.0. The molecule has 1 amide bonds. The zero-order chi connectivity index (χ0) is 37.4. The van der Waals surface area contributed by atoms with E-state index in [0.29, 0.717) is 25.6 Å². The molecule has 0 spiro atoms. The topological polar surface area (TPSA) is 177 Å². The SMILES string of the molecule is NC(CCC(=O)N1CCC(Nc2nc(NCc3cn(CCCNCCCNC4CCCCC4)nn3)nc3ccccc23)CC1)C(=O)OCc1ccccc1. The van der Waals surface area contributed by atoms with Crippen molar-refractivity contribution < 1.29 is 14.3 Å². The average molecular weight is 740 g/mol. The maximum atomic E-state index is 13.0. The number of fused-ring (bicyclic) bond motifs is 1. The van der Waals surface area contributed by atoms with Crippen molar-refractivity contribution in [1.29, 1.82) is 0 Å². The Morgan fingerprint density at radius 1 is 0.889 bits per heavy atom. The number of nitrogens with zero attached hydrogens (tertiary/aromatic N) is 6. The fraction of sp³-hybridized carbons (Fsp3) is 0.550. The van der Waals surface area contributed by atoms with Crippen LogP contribution >= 0.6 is 0 Å². The van der Waals surface area contributed by atoms with Gasteiger partial charge in [0.15, 0.2) is 0 Å². The molecule has 2 aromatic carbocycles. The molecule has 0 bridgehead atoms. The van der Waals surface area contributed by atoms with Crippen LogP contribution in [-0.4, -0.2) is 92.6 Å². The Morgan fingerprint density at radius 2 is 1.67 bits per heavy atom. The van der Waals surface area contributed by atoms with Crippen molar-refractivity contribution in [3.8, 4) is 0 Å². The summed E-state index contributed by atoms with van der Waals surface area (Å²) in [4.78, 5) is 36.8. The molecule has 2 aromatic heterocycles. The molecule has 3 heterocycles. The number of likely N-dealkylation sites (tertiary alicyclic amines) is 1. The van der Waals surface area contributed by atoms with Crippen LogP contribution in [0, 0.1) is 0 Å². The summed E-state index contributed by atoms with van der Waals surface area (Å²) in [5, 5.41) is 23.8. The van der Waals surface area contributed by atoms with Crippen LogP contribution in [0.15, 0.2) is 60.8 Å². The van der Waals surface area contributed by atoms with E-state index < -0.39 is 12.0 Å². The van der Waals surface area contributed by atoms with Crippen LogP contribution in [0.25, 0.3) is 10.9 Å². The number of nitrogens with one attached hydrogen (secondary N) is 4. The van der Waals surface area contributed by atoms with Crippen molar-refractivity contribution in [2.45, 2.75) is 108 Å². The van der Waals surface area contributed by atoms with Gasteiger partial charge in [0.05, 0.1) is 18.3 Å². The molecule has 290 valence electrons. The number of anilines is 2. The van der Waals surface area contributed by atoms with Crippen LogP contribution in [0.1, 0.15) is 81.9 Å². The predicted octanol–water partition coefficient (Wildman–Crippen LogP) is 4.38. The van der Waals surface area contributed by atoms with Crippen LogP contribution in [0.4, 0.5) is 11.8 Å². The van der Waals surface area contributed by atoms with E-state index in [1.165, 1.54) is 32.1 Å². The number of aryl methyl sites for hydroxylation is 1. The molecule has 14 heteroatoms. The Labute approximate surface area is 318 Å². The summed E-state index contributed by atoms with van der Waals surface area (Å²) < 4.78 is 7.23. The molecule has 1 saturated heterocycles. The van der Waals surface area contributed by atoms with Gasteiger partial charge < -0.3 is 36.6 Å². The van der Waals surface area contributed by atoms with Gasteiger partial charge in [-0.2, -0.15) is 4.98 Å². The lowest BCUT2D eigenvalue weighted by atomic mass is 9.95. The van der Waals surface area contributed by atoms with Crippen LogP contribution in [0.3, 0.4) is 0 Å². The monoisotopic (exact) mass is 739 g/mol. The minimum atomic E-state index is -0.835. The largest absolute Gasteiger partial charge is 0.460 e. The number of rotatable bonds is 20. The highest BCUT2D eigenvalue weighted by atomic mass is 16.5. The van der Waals surface area contributed by atoms with Crippen LogP contribution in [0.5, 0.6) is 0 Å². The van der Waals surface area contributed by atoms with E-state index in [-0.39, 0.29) is 31.4 Å². The summed E-state index contributed by atoms with van der Waals surface area (Å²) in [6.07, 6.45) is 12.9. The molecular weight excluding hydrogens is 683 g/mol. The van der Waals surface area contributed by atoms with Crippen molar-refractivity contribution in [3.63, 3.8) is 0 Å². The number of benzene rings is 2. The second kappa shape index (κ2) is 20.7. The van der Waals surface area contributed by atoms with E-state index in [9.17, 15) is 9.59 Å². The number of carbonyl (C=O) groups excluding carboxylic acids is 2. The third kappa shape index (κ3) is 12.2. The second-order valence-electron chi connectivity index (χ2n) is 14.5. The third-order valence-corrected chi connectivity index (χ3v) is 10.3. The molecule has 0 radical (unpaired) electrons. The highest BCUT2D eigenvalue weighted by Crippen LogP contribution is 2.25.